The lowest BCUT2D eigenvalue weighted by Crippen LogP contribution is -2.14. The van der Waals surface area contributed by atoms with Gasteiger partial charge in [-0.15, -0.1) is 0 Å². The predicted octanol–water partition coefficient (Wildman–Crippen LogP) is 2.91. The minimum atomic E-state index is -0.113. The quantitative estimate of drug-likeness (QED) is 0.610. The van der Waals surface area contributed by atoms with Crippen molar-refractivity contribution >= 4 is 5.97 Å². The Morgan fingerprint density at radius 1 is 1.35 bits per heavy atom. The predicted molar refractivity (Wildman–Crippen MR) is 66.8 cm³/mol. The highest BCUT2D eigenvalue weighted by Crippen LogP contribution is 2.11. The lowest BCUT2D eigenvalue weighted by molar-refractivity contribution is -0.148. The molecule has 0 unspecified atom stereocenters. The van der Waals surface area contributed by atoms with Gasteiger partial charge in [-0.3, -0.25) is 4.79 Å². The average molecular weight is 236 g/mol. The second-order valence-electron chi connectivity index (χ2n) is 4.25. The van der Waals surface area contributed by atoms with Gasteiger partial charge in [-0.05, 0) is 37.0 Å². The van der Waals surface area contributed by atoms with Crippen molar-refractivity contribution in [3.63, 3.8) is 0 Å². The third kappa shape index (κ3) is 4.89. The van der Waals surface area contributed by atoms with Crippen molar-refractivity contribution in [3.8, 4) is 5.75 Å². The first-order valence-corrected chi connectivity index (χ1v) is 6.08. The number of carbonyl (C=O) groups excluding carboxylic acids is 1. The second kappa shape index (κ2) is 6.94. The molecule has 0 bridgehead atoms. The van der Waals surface area contributed by atoms with Crippen molar-refractivity contribution in [2.24, 2.45) is 5.92 Å². The fourth-order valence-corrected chi connectivity index (χ4v) is 1.42. The van der Waals surface area contributed by atoms with Gasteiger partial charge in [0.1, 0.15) is 5.75 Å². The van der Waals surface area contributed by atoms with Crippen LogP contribution < -0.4 is 0 Å². The first-order valence-electron chi connectivity index (χ1n) is 6.08. The summed E-state index contributed by atoms with van der Waals surface area (Å²) < 4.78 is 5.15. The van der Waals surface area contributed by atoms with Gasteiger partial charge in [-0.1, -0.05) is 26.0 Å². The number of hydrogen-bond donors (Lipinski definition) is 1. The SMILES string of the molecule is CC[C@H](C)C(=O)OCCCc1ccc(O)cc1. The molecule has 0 aliphatic carbocycles. The van der Waals surface area contributed by atoms with Crippen molar-refractivity contribution < 1.29 is 14.6 Å². The van der Waals surface area contributed by atoms with Crippen LogP contribution in [-0.2, 0) is 16.0 Å². The summed E-state index contributed by atoms with van der Waals surface area (Å²) in [5.41, 5.74) is 1.14. The van der Waals surface area contributed by atoms with Crippen LogP contribution in [0.15, 0.2) is 24.3 Å². The summed E-state index contributed by atoms with van der Waals surface area (Å²) in [6.45, 7) is 4.31. The maximum absolute atomic E-state index is 11.4. The van der Waals surface area contributed by atoms with Crippen LogP contribution in [0, 0.1) is 5.92 Å². The van der Waals surface area contributed by atoms with Gasteiger partial charge < -0.3 is 9.84 Å². The van der Waals surface area contributed by atoms with E-state index in [4.69, 9.17) is 9.84 Å². The van der Waals surface area contributed by atoms with E-state index in [0.717, 1.165) is 24.8 Å². The fraction of sp³-hybridized carbons (Fsp3) is 0.500. The highest BCUT2D eigenvalue weighted by atomic mass is 16.5. The monoisotopic (exact) mass is 236 g/mol. The van der Waals surface area contributed by atoms with Gasteiger partial charge in [0, 0.05) is 0 Å². The van der Waals surface area contributed by atoms with E-state index in [9.17, 15) is 4.79 Å². The van der Waals surface area contributed by atoms with Crippen LogP contribution in [-0.4, -0.2) is 17.7 Å². The first kappa shape index (κ1) is 13.6. The highest BCUT2D eigenvalue weighted by Gasteiger charge is 2.10. The fourth-order valence-electron chi connectivity index (χ4n) is 1.42. The molecule has 1 rings (SSSR count). The molecule has 0 aromatic heterocycles. The van der Waals surface area contributed by atoms with Crippen LogP contribution in [0.1, 0.15) is 32.3 Å². The maximum Gasteiger partial charge on any atom is 0.308 e. The van der Waals surface area contributed by atoms with Crippen molar-refractivity contribution in [1.82, 2.24) is 0 Å². The lowest BCUT2D eigenvalue weighted by Gasteiger charge is -2.09. The van der Waals surface area contributed by atoms with Crippen molar-refractivity contribution in [2.75, 3.05) is 6.61 Å². The highest BCUT2D eigenvalue weighted by molar-refractivity contribution is 5.71. The zero-order valence-electron chi connectivity index (χ0n) is 10.5. The molecule has 0 radical (unpaired) electrons. The summed E-state index contributed by atoms with van der Waals surface area (Å²) in [6, 6.07) is 7.10. The Bertz CT molecular complexity index is 343. The van der Waals surface area contributed by atoms with E-state index in [-0.39, 0.29) is 17.6 Å². The largest absolute Gasteiger partial charge is 0.508 e. The van der Waals surface area contributed by atoms with E-state index in [1.807, 2.05) is 26.0 Å². The molecule has 3 nitrogen and oxygen atoms in total. The van der Waals surface area contributed by atoms with Crippen molar-refractivity contribution in [2.45, 2.75) is 33.1 Å². The number of esters is 1. The van der Waals surface area contributed by atoms with E-state index in [1.54, 1.807) is 12.1 Å². The second-order valence-corrected chi connectivity index (χ2v) is 4.25. The Balaban J connectivity index is 2.20. The van der Waals surface area contributed by atoms with Crippen LogP contribution in [0.5, 0.6) is 5.75 Å². The zero-order valence-corrected chi connectivity index (χ0v) is 10.5. The molecular formula is C14H20O3. The standard InChI is InChI=1S/C14H20O3/c1-3-11(2)14(16)17-10-4-5-12-6-8-13(15)9-7-12/h6-9,11,15H,3-5,10H2,1-2H3/t11-/m0/s1. The molecule has 1 aromatic rings. The van der Waals surface area contributed by atoms with E-state index >= 15 is 0 Å². The number of phenolic OH excluding ortho intramolecular Hbond substituents is 1. The van der Waals surface area contributed by atoms with Gasteiger partial charge in [0.15, 0.2) is 0 Å². The Kier molecular flexibility index (Phi) is 5.53. The van der Waals surface area contributed by atoms with E-state index in [1.165, 1.54) is 0 Å². The minimum absolute atomic E-state index is 0.0105. The minimum Gasteiger partial charge on any atom is -0.508 e. The van der Waals surface area contributed by atoms with E-state index in [0.29, 0.717) is 6.61 Å². The number of carbonyl (C=O) groups is 1. The Labute approximate surface area is 102 Å². The van der Waals surface area contributed by atoms with Crippen LogP contribution in [0.4, 0.5) is 0 Å². The molecule has 3 heteroatoms. The van der Waals surface area contributed by atoms with E-state index in [2.05, 4.69) is 0 Å². The molecule has 0 saturated heterocycles. The normalized spacial score (nSPS) is 12.1. The molecule has 0 aliphatic rings. The van der Waals surface area contributed by atoms with Gasteiger partial charge >= 0.3 is 5.97 Å². The Morgan fingerprint density at radius 2 is 2.00 bits per heavy atom. The van der Waals surface area contributed by atoms with Crippen LogP contribution >= 0.6 is 0 Å². The number of aryl methyl sites for hydroxylation is 1. The summed E-state index contributed by atoms with van der Waals surface area (Å²) in [5.74, 6) is 0.152. The third-order valence-electron chi connectivity index (χ3n) is 2.81. The summed E-state index contributed by atoms with van der Waals surface area (Å²) in [7, 11) is 0. The smallest absolute Gasteiger partial charge is 0.308 e. The average Bonchev–Trinajstić information content (AvgIpc) is 2.35. The molecule has 1 N–H and O–H groups in total. The van der Waals surface area contributed by atoms with Gasteiger partial charge in [-0.25, -0.2) is 0 Å². The molecule has 94 valence electrons. The molecule has 17 heavy (non-hydrogen) atoms. The molecule has 0 amide bonds. The molecule has 0 heterocycles. The Hall–Kier alpha value is -1.51. The van der Waals surface area contributed by atoms with Gasteiger partial charge in [-0.2, -0.15) is 0 Å². The lowest BCUT2D eigenvalue weighted by atomic mass is 10.1. The van der Waals surface area contributed by atoms with E-state index < -0.39 is 0 Å². The molecule has 1 atom stereocenters. The van der Waals surface area contributed by atoms with Crippen LogP contribution in [0.3, 0.4) is 0 Å². The topological polar surface area (TPSA) is 46.5 Å². The molecule has 0 aliphatic heterocycles. The van der Waals surface area contributed by atoms with Crippen molar-refractivity contribution in [1.29, 1.82) is 0 Å². The molecular weight excluding hydrogens is 216 g/mol. The summed E-state index contributed by atoms with van der Waals surface area (Å²) in [5, 5.41) is 9.12. The third-order valence-corrected chi connectivity index (χ3v) is 2.81. The van der Waals surface area contributed by atoms with Crippen molar-refractivity contribution in [3.05, 3.63) is 29.8 Å². The summed E-state index contributed by atoms with van der Waals surface area (Å²) in [6.07, 6.45) is 2.48. The number of benzene rings is 1. The zero-order chi connectivity index (χ0) is 12.7. The van der Waals surface area contributed by atoms with Gasteiger partial charge in [0.2, 0.25) is 0 Å². The molecule has 0 saturated carbocycles. The number of phenols is 1. The summed E-state index contributed by atoms with van der Waals surface area (Å²) >= 11 is 0. The Morgan fingerprint density at radius 3 is 2.59 bits per heavy atom. The molecule has 0 fully saturated rings. The number of aromatic hydroxyl groups is 1. The molecule has 1 aromatic carbocycles. The van der Waals surface area contributed by atoms with Crippen LogP contribution in [0.2, 0.25) is 0 Å². The summed E-state index contributed by atoms with van der Waals surface area (Å²) in [4.78, 5) is 11.4. The molecule has 0 spiro atoms. The van der Waals surface area contributed by atoms with Gasteiger partial charge in [0.25, 0.3) is 0 Å². The van der Waals surface area contributed by atoms with Gasteiger partial charge in [0.05, 0.1) is 12.5 Å². The number of hydrogen-bond acceptors (Lipinski definition) is 3. The number of rotatable bonds is 6. The number of ether oxygens (including phenoxy) is 1. The van der Waals surface area contributed by atoms with Crippen LogP contribution in [0.25, 0.3) is 0 Å². The maximum atomic E-state index is 11.4. The first-order chi connectivity index (χ1) is 8.13.